The van der Waals surface area contributed by atoms with Crippen LogP contribution in [-0.4, -0.2) is 30.7 Å². The molecular formula is C9H10N4O2. The lowest BCUT2D eigenvalue weighted by Gasteiger charge is -2.07. The lowest BCUT2D eigenvalue weighted by Crippen LogP contribution is -2.05. The molecule has 2 rings (SSSR count). The van der Waals surface area contributed by atoms with E-state index >= 15 is 0 Å². The third-order valence-electron chi connectivity index (χ3n) is 2.20. The lowest BCUT2D eigenvalue weighted by atomic mass is 10.0. The van der Waals surface area contributed by atoms with Gasteiger partial charge < -0.3 is 5.11 Å². The Morgan fingerprint density at radius 3 is 3.13 bits per heavy atom. The van der Waals surface area contributed by atoms with E-state index in [1.165, 1.54) is 10.8 Å². The van der Waals surface area contributed by atoms with Crippen molar-refractivity contribution in [1.29, 1.82) is 0 Å². The van der Waals surface area contributed by atoms with Gasteiger partial charge in [-0.3, -0.25) is 4.79 Å². The average Bonchev–Trinajstić information content (AvgIpc) is 2.62. The van der Waals surface area contributed by atoms with E-state index in [9.17, 15) is 4.79 Å². The molecule has 0 bridgehead atoms. The second kappa shape index (κ2) is 3.64. The molecule has 6 heteroatoms. The van der Waals surface area contributed by atoms with Crippen LogP contribution < -0.4 is 0 Å². The number of nitrogens with zero attached hydrogens (tertiary/aromatic N) is 4. The van der Waals surface area contributed by atoms with Crippen molar-refractivity contribution in [2.24, 2.45) is 0 Å². The predicted molar refractivity (Wildman–Crippen MR) is 51.4 cm³/mol. The second-order valence-electron chi connectivity index (χ2n) is 3.39. The van der Waals surface area contributed by atoms with Crippen molar-refractivity contribution in [3.05, 3.63) is 24.3 Å². The van der Waals surface area contributed by atoms with Gasteiger partial charge in [0.15, 0.2) is 0 Å². The molecule has 0 aliphatic heterocycles. The smallest absolute Gasteiger partial charge is 0.303 e. The number of carbonyl (C=O) groups is 1. The van der Waals surface area contributed by atoms with Crippen LogP contribution in [0.25, 0.3) is 5.78 Å². The molecule has 2 heterocycles. The Bertz CT molecular complexity index is 494. The number of hydrogen-bond donors (Lipinski definition) is 1. The van der Waals surface area contributed by atoms with E-state index in [1.807, 2.05) is 6.92 Å². The van der Waals surface area contributed by atoms with Gasteiger partial charge in [0, 0.05) is 12.4 Å². The molecule has 0 amide bonds. The van der Waals surface area contributed by atoms with E-state index in [2.05, 4.69) is 15.1 Å². The predicted octanol–water partition coefficient (Wildman–Crippen LogP) is 0.702. The van der Waals surface area contributed by atoms with Crippen molar-refractivity contribution in [2.45, 2.75) is 19.3 Å². The summed E-state index contributed by atoms with van der Waals surface area (Å²) in [6, 6.07) is 0. The first-order valence-corrected chi connectivity index (χ1v) is 4.54. The van der Waals surface area contributed by atoms with Crippen molar-refractivity contribution < 1.29 is 9.90 Å². The monoisotopic (exact) mass is 206 g/mol. The highest BCUT2D eigenvalue weighted by Crippen LogP contribution is 2.17. The fraction of sp³-hybridized carbons (Fsp3) is 0.333. The van der Waals surface area contributed by atoms with Gasteiger partial charge >= 0.3 is 5.97 Å². The van der Waals surface area contributed by atoms with Gasteiger partial charge in [-0.1, -0.05) is 6.92 Å². The van der Waals surface area contributed by atoms with E-state index in [1.54, 1.807) is 12.4 Å². The maximum atomic E-state index is 10.5. The molecule has 1 atom stereocenters. The van der Waals surface area contributed by atoms with Crippen molar-refractivity contribution in [3.8, 4) is 0 Å². The van der Waals surface area contributed by atoms with Crippen molar-refractivity contribution in [1.82, 2.24) is 19.6 Å². The van der Waals surface area contributed by atoms with Gasteiger partial charge in [-0.05, 0) is 11.5 Å². The van der Waals surface area contributed by atoms with E-state index in [0.717, 1.165) is 5.56 Å². The summed E-state index contributed by atoms with van der Waals surface area (Å²) in [5.74, 6) is -0.383. The first-order valence-electron chi connectivity index (χ1n) is 4.54. The number of aromatic nitrogens is 4. The van der Waals surface area contributed by atoms with Crippen LogP contribution in [0.1, 0.15) is 24.8 Å². The van der Waals surface area contributed by atoms with Crippen LogP contribution >= 0.6 is 0 Å². The molecule has 0 fully saturated rings. The normalized spacial score (nSPS) is 12.9. The molecule has 0 aromatic carbocycles. The van der Waals surface area contributed by atoms with E-state index in [-0.39, 0.29) is 12.3 Å². The standard InChI is InChI=1S/C9H10N4O2/c1-6(2-8(14)15)7-3-10-9-11-5-12-13(9)4-7/h3-6H,2H2,1H3,(H,14,15). The Morgan fingerprint density at radius 2 is 2.40 bits per heavy atom. The molecule has 0 aliphatic carbocycles. The maximum Gasteiger partial charge on any atom is 0.303 e. The van der Waals surface area contributed by atoms with Gasteiger partial charge in [-0.2, -0.15) is 10.1 Å². The quantitative estimate of drug-likeness (QED) is 0.799. The Balaban J connectivity index is 2.30. The van der Waals surface area contributed by atoms with Crippen LogP contribution in [0.4, 0.5) is 0 Å². The largest absolute Gasteiger partial charge is 0.481 e. The van der Waals surface area contributed by atoms with Crippen LogP contribution in [0.2, 0.25) is 0 Å². The second-order valence-corrected chi connectivity index (χ2v) is 3.39. The topological polar surface area (TPSA) is 80.4 Å². The zero-order chi connectivity index (χ0) is 10.8. The van der Waals surface area contributed by atoms with Gasteiger partial charge in [0.2, 0.25) is 0 Å². The molecule has 1 N–H and O–H groups in total. The number of carboxylic acid groups (broad SMARTS) is 1. The first-order chi connectivity index (χ1) is 7.16. The highest BCUT2D eigenvalue weighted by molar-refractivity contribution is 5.67. The average molecular weight is 206 g/mol. The highest BCUT2D eigenvalue weighted by Gasteiger charge is 2.11. The Morgan fingerprint density at radius 1 is 1.60 bits per heavy atom. The first kappa shape index (κ1) is 9.57. The van der Waals surface area contributed by atoms with Gasteiger partial charge in [0.1, 0.15) is 6.33 Å². The molecule has 78 valence electrons. The Labute approximate surface area is 85.6 Å². The Kier molecular flexibility index (Phi) is 2.32. The number of carboxylic acids is 1. The number of aliphatic carboxylic acids is 1. The van der Waals surface area contributed by atoms with Gasteiger partial charge in [0.05, 0.1) is 6.42 Å². The number of fused-ring (bicyclic) bond motifs is 1. The minimum atomic E-state index is -0.818. The molecule has 2 aromatic heterocycles. The molecule has 6 nitrogen and oxygen atoms in total. The molecule has 0 spiro atoms. The van der Waals surface area contributed by atoms with Crippen molar-refractivity contribution in [2.75, 3.05) is 0 Å². The van der Waals surface area contributed by atoms with Gasteiger partial charge in [-0.15, -0.1) is 0 Å². The number of rotatable bonds is 3. The summed E-state index contributed by atoms with van der Waals surface area (Å²) in [5, 5.41) is 12.6. The van der Waals surface area contributed by atoms with E-state index in [4.69, 9.17) is 5.11 Å². The minimum Gasteiger partial charge on any atom is -0.481 e. The lowest BCUT2D eigenvalue weighted by molar-refractivity contribution is -0.137. The summed E-state index contributed by atoms with van der Waals surface area (Å²) < 4.78 is 1.54. The minimum absolute atomic E-state index is 0.0800. The third-order valence-corrected chi connectivity index (χ3v) is 2.20. The van der Waals surface area contributed by atoms with E-state index < -0.39 is 5.97 Å². The fourth-order valence-corrected chi connectivity index (χ4v) is 1.37. The summed E-state index contributed by atoms with van der Waals surface area (Å²) >= 11 is 0. The molecule has 1 unspecified atom stereocenters. The van der Waals surface area contributed by atoms with Crippen LogP contribution in [0, 0.1) is 0 Å². The Hall–Kier alpha value is -1.98. The number of hydrogen-bond acceptors (Lipinski definition) is 4. The molecule has 0 aliphatic rings. The zero-order valence-electron chi connectivity index (χ0n) is 8.16. The molecule has 15 heavy (non-hydrogen) atoms. The summed E-state index contributed by atoms with van der Waals surface area (Å²) in [6.45, 7) is 1.84. The van der Waals surface area contributed by atoms with Crippen LogP contribution in [-0.2, 0) is 4.79 Å². The summed E-state index contributed by atoms with van der Waals surface area (Å²) in [5.41, 5.74) is 0.843. The van der Waals surface area contributed by atoms with E-state index in [0.29, 0.717) is 5.78 Å². The molecule has 0 saturated heterocycles. The van der Waals surface area contributed by atoms with Crippen LogP contribution in [0.5, 0.6) is 0 Å². The van der Waals surface area contributed by atoms with Crippen LogP contribution in [0.3, 0.4) is 0 Å². The maximum absolute atomic E-state index is 10.5. The molecule has 0 saturated carbocycles. The molecule has 0 radical (unpaired) electrons. The summed E-state index contributed by atoms with van der Waals surface area (Å²) in [7, 11) is 0. The SMILES string of the molecule is CC(CC(=O)O)c1cnc2ncnn2c1. The fourth-order valence-electron chi connectivity index (χ4n) is 1.37. The van der Waals surface area contributed by atoms with Gasteiger partial charge in [-0.25, -0.2) is 9.50 Å². The van der Waals surface area contributed by atoms with Crippen molar-refractivity contribution >= 4 is 11.7 Å². The van der Waals surface area contributed by atoms with Gasteiger partial charge in [0.25, 0.3) is 5.78 Å². The highest BCUT2D eigenvalue weighted by atomic mass is 16.4. The third kappa shape index (κ3) is 1.93. The van der Waals surface area contributed by atoms with Crippen LogP contribution in [0.15, 0.2) is 18.7 Å². The summed E-state index contributed by atoms with van der Waals surface area (Å²) in [4.78, 5) is 18.5. The molecular weight excluding hydrogens is 196 g/mol. The zero-order valence-corrected chi connectivity index (χ0v) is 8.16. The summed E-state index contributed by atoms with van der Waals surface area (Å²) in [6.07, 6.45) is 4.89. The molecule has 2 aromatic rings. The van der Waals surface area contributed by atoms with Crippen molar-refractivity contribution in [3.63, 3.8) is 0 Å².